The maximum atomic E-state index is 5.50. The molecule has 1 atom stereocenters. The molecule has 0 aliphatic rings. The first kappa shape index (κ1) is 19.2. The summed E-state index contributed by atoms with van der Waals surface area (Å²) in [5, 5.41) is 0. The van der Waals surface area contributed by atoms with E-state index in [1.807, 2.05) is 0 Å². The minimum Gasteiger partial charge on any atom is -0.308 e. The summed E-state index contributed by atoms with van der Waals surface area (Å²) in [6.07, 6.45) is 19.5. The van der Waals surface area contributed by atoms with E-state index in [9.17, 15) is 0 Å². The van der Waals surface area contributed by atoms with Crippen molar-refractivity contribution in [2.45, 2.75) is 75.2 Å². The van der Waals surface area contributed by atoms with Crippen LogP contribution in [0.25, 0.3) is 0 Å². The molecule has 0 saturated carbocycles. The minimum atomic E-state index is 0.302. The molecule has 0 saturated heterocycles. The monoisotopic (exact) mass is 378 g/mol. The first-order valence-corrected chi connectivity index (χ1v) is 9.22. The molecular weight excluding hydrogens is 345 g/mol. The van der Waals surface area contributed by atoms with Crippen LogP contribution in [0.5, 0.6) is 0 Å². The smallest absolute Gasteiger partial charge is 0.200 e. The van der Waals surface area contributed by atoms with Gasteiger partial charge in [0.1, 0.15) is 0 Å². The largest absolute Gasteiger partial charge is 0.308 e. The lowest BCUT2D eigenvalue weighted by molar-refractivity contribution is -0.889. The fourth-order valence-electron chi connectivity index (χ4n) is 2.32. The Kier molecular flexibility index (Phi) is 12.2. The van der Waals surface area contributed by atoms with Crippen molar-refractivity contribution >= 4 is 22.6 Å². The van der Waals surface area contributed by atoms with E-state index < -0.39 is 0 Å². The van der Waals surface area contributed by atoms with Crippen LogP contribution >= 0.6 is 22.6 Å². The van der Waals surface area contributed by atoms with E-state index in [-0.39, 0.29) is 0 Å². The lowest BCUT2D eigenvalue weighted by Gasteiger charge is -2.32. The van der Waals surface area contributed by atoms with E-state index >= 15 is 0 Å². The Morgan fingerprint density at radius 2 is 1.32 bits per heavy atom. The number of quaternary nitrogens is 1. The van der Waals surface area contributed by atoms with Crippen molar-refractivity contribution in [1.29, 1.82) is 0 Å². The molecule has 0 fully saturated rings. The molecule has 0 radical (unpaired) electrons. The molecule has 0 rings (SSSR count). The third-order valence-corrected chi connectivity index (χ3v) is 5.71. The standard InChI is InChI=1S/C17H33IN/c1-5-7-8-9-10-11-12-13-14-15-16-19(3,4)17(18)6-2/h2,17H,5,7-16H2,1,3-4H3/q+1. The average Bonchev–Trinajstić information content (AvgIpc) is 2.39. The Hall–Kier alpha value is 0.250. The van der Waals surface area contributed by atoms with Gasteiger partial charge in [0.15, 0.2) is 4.05 Å². The Labute approximate surface area is 135 Å². The van der Waals surface area contributed by atoms with Crippen molar-refractivity contribution in [1.82, 2.24) is 0 Å². The van der Waals surface area contributed by atoms with E-state index in [4.69, 9.17) is 6.42 Å². The first-order valence-electron chi connectivity index (χ1n) is 7.97. The van der Waals surface area contributed by atoms with Crippen LogP contribution < -0.4 is 0 Å². The Morgan fingerprint density at radius 1 is 0.895 bits per heavy atom. The van der Waals surface area contributed by atoms with E-state index in [1.54, 1.807) is 0 Å². The van der Waals surface area contributed by atoms with Crippen LogP contribution in [0.3, 0.4) is 0 Å². The summed E-state index contributed by atoms with van der Waals surface area (Å²) in [5.41, 5.74) is 0. The molecule has 1 nitrogen and oxygen atoms in total. The lowest BCUT2D eigenvalue weighted by Crippen LogP contribution is -2.45. The SMILES string of the molecule is C#CC(I)[N+](C)(C)CCCCCCCCCCCC. The fourth-order valence-corrected chi connectivity index (χ4v) is 2.60. The van der Waals surface area contributed by atoms with E-state index in [0.29, 0.717) is 4.05 Å². The van der Waals surface area contributed by atoms with Gasteiger partial charge in [0.25, 0.3) is 0 Å². The van der Waals surface area contributed by atoms with Gasteiger partial charge in [-0.25, -0.2) is 0 Å². The Morgan fingerprint density at radius 3 is 1.74 bits per heavy atom. The van der Waals surface area contributed by atoms with Gasteiger partial charge in [-0.1, -0.05) is 58.3 Å². The highest BCUT2D eigenvalue weighted by Gasteiger charge is 2.22. The van der Waals surface area contributed by atoms with Crippen LogP contribution in [0.1, 0.15) is 71.1 Å². The summed E-state index contributed by atoms with van der Waals surface area (Å²) < 4.78 is 1.25. The third-order valence-electron chi connectivity index (χ3n) is 3.84. The number of hydrogen-bond donors (Lipinski definition) is 0. The van der Waals surface area contributed by atoms with Crippen LogP contribution in [0, 0.1) is 12.3 Å². The summed E-state index contributed by atoms with van der Waals surface area (Å²) >= 11 is 2.37. The fraction of sp³-hybridized carbons (Fsp3) is 0.882. The van der Waals surface area contributed by atoms with Crippen LogP contribution in [-0.2, 0) is 0 Å². The van der Waals surface area contributed by atoms with Gasteiger partial charge < -0.3 is 4.48 Å². The highest BCUT2D eigenvalue weighted by atomic mass is 127. The maximum absolute atomic E-state index is 5.50. The van der Waals surface area contributed by atoms with E-state index in [0.717, 1.165) is 4.48 Å². The molecule has 0 aromatic carbocycles. The molecule has 0 heterocycles. The van der Waals surface area contributed by atoms with Gasteiger partial charge in [-0.15, -0.1) is 6.42 Å². The minimum absolute atomic E-state index is 0.302. The number of unbranched alkanes of at least 4 members (excludes halogenated alkanes) is 9. The predicted molar refractivity (Wildman–Crippen MR) is 95.5 cm³/mol. The molecule has 2 heteroatoms. The van der Waals surface area contributed by atoms with Gasteiger partial charge in [-0.3, -0.25) is 0 Å². The Balaban J connectivity index is 3.34. The normalized spacial score (nSPS) is 13.2. The molecular formula is C17H33IN+. The highest BCUT2D eigenvalue weighted by molar-refractivity contribution is 14.1. The molecule has 19 heavy (non-hydrogen) atoms. The van der Waals surface area contributed by atoms with Crippen LogP contribution in [0.15, 0.2) is 0 Å². The quantitative estimate of drug-likeness (QED) is 0.107. The van der Waals surface area contributed by atoms with Crippen LogP contribution in [0.4, 0.5) is 0 Å². The molecule has 0 N–H and O–H groups in total. The number of nitrogens with zero attached hydrogens (tertiary/aromatic N) is 1. The highest BCUT2D eigenvalue weighted by Crippen LogP contribution is 2.16. The second-order valence-electron chi connectivity index (χ2n) is 6.19. The molecule has 0 aromatic rings. The number of hydrogen-bond acceptors (Lipinski definition) is 0. The van der Waals surface area contributed by atoms with Gasteiger partial charge in [0, 0.05) is 22.6 Å². The Bertz CT molecular complexity index is 242. The zero-order valence-electron chi connectivity index (χ0n) is 13.3. The zero-order valence-corrected chi connectivity index (χ0v) is 15.4. The second kappa shape index (κ2) is 12.0. The van der Waals surface area contributed by atoms with Crippen molar-refractivity contribution in [3.8, 4) is 12.3 Å². The molecule has 0 aromatic heterocycles. The summed E-state index contributed by atoms with van der Waals surface area (Å²) in [6, 6.07) is 0. The van der Waals surface area contributed by atoms with Crippen LogP contribution in [0.2, 0.25) is 0 Å². The van der Waals surface area contributed by atoms with Crippen molar-refractivity contribution in [2.24, 2.45) is 0 Å². The van der Waals surface area contributed by atoms with Crippen molar-refractivity contribution < 1.29 is 4.48 Å². The predicted octanol–water partition coefficient (Wildman–Crippen LogP) is 5.38. The van der Waals surface area contributed by atoms with Gasteiger partial charge in [-0.05, 0) is 18.8 Å². The van der Waals surface area contributed by atoms with Gasteiger partial charge in [0.05, 0.1) is 20.6 Å². The molecule has 0 bridgehead atoms. The van der Waals surface area contributed by atoms with E-state index in [2.05, 4.69) is 49.5 Å². The maximum Gasteiger partial charge on any atom is 0.200 e. The molecule has 0 spiro atoms. The molecule has 1 unspecified atom stereocenters. The molecule has 0 aliphatic heterocycles. The number of terminal acetylenes is 1. The topological polar surface area (TPSA) is 0 Å². The van der Waals surface area contributed by atoms with Crippen molar-refractivity contribution in [3.05, 3.63) is 0 Å². The zero-order chi connectivity index (χ0) is 14.6. The molecule has 0 aliphatic carbocycles. The third kappa shape index (κ3) is 10.7. The van der Waals surface area contributed by atoms with Gasteiger partial charge in [0.2, 0.25) is 0 Å². The first-order chi connectivity index (χ1) is 9.04. The average molecular weight is 378 g/mol. The van der Waals surface area contributed by atoms with Crippen molar-refractivity contribution in [2.75, 3.05) is 20.6 Å². The lowest BCUT2D eigenvalue weighted by atomic mass is 10.1. The van der Waals surface area contributed by atoms with Gasteiger partial charge in [-0.2, -0.15) is 0 Å². The number of alkyl halides is 1. The summed E-state index contributed by atoms with van der Waals surface area (Å²) in [6.45, 7) is 3.48. The summed E-state index contributed by atoms with van der Waals surface area (Å²) in [7, 11) is 4.48. The number of rotatable bonds is 12. The molecule has 0 amide bonds. The van der Waals surface area contributed by atoms with Crippen molar-refractivity contribution in [3.63, 3.8) is 0 Å². The summed E-state index contributed by atoms with van der Waals surface area (Å²) in [4.78, 5) is 0. The number of halogens is 1. The molecule has 112 valence electrons. The van der Waals surface area contributed by atoms with Crippen LogP contribution in [-0.4, -0.2) is 29.2 Å². The van der Waals surface area contributed by atoms with E-state index in [1.165, 1.54) is 70.8 Å². The summed E-state index contributed by atoms with van der Waals surface area (Å²) in [5.74, 6) is 2.85. The second-order valence-corrected chi connectivity index (χ2v) is 7.37. The van der Waals surface area contributed by atoms with Gasteiger partial charge >= 0.3 is 0 Å².